The first kappa shape index (κ1) is 7.04. The van der Waals surface area contributed by atoms with Crippen LogP contribution in [0.15, 0.2) is 12.2 Å². The molecule has 0 N–H and O–H groups in total. The van der Waals surface area contributed by atoms with E-state index in [9.17, 15) is 4.79 Å². The normalized spacial score (nSPS) is 23.1. The molecule has 0 amide bonds. The number of ketones is 1. The minimum Gasteiger partial charge on any atom is -0.361 e. The lowest BCUT2D eigenvalue weighted by atomic mass is 10.3. The Labute approximate surface area is 59.9 Å². The van der Waals surface area contributed by atoms with Crippen LogP contribution in [0.4, 0.5) is 0 Å². The molecule has 1 aliphatic carbocycles. The third-order valence-electron chi connectivity index (χ3n) is 1.28. The molecule has 2 nitrogen and oxygen atoms in total. The maximum absolute atomic E-state index is 10.6. The number of terminal acetylenes is 1. The SMILES string of the molecule is C#CCOC1C=CC(=O)C1. The lowest BCUT2D eigenvalue weighted by molar-refractivity contribution is -0.115. The molecule has 0 saturated heterocycles. The summed E-state index contributed by atoms with van der Waals surface area (Å²) in [5.74, 6) is 2.45. The third-order valence-corrected chi connectivity index (χ3v) is 1.28. The van der Waals surface area contributed by atoms with Crippen LogP contribution in [0.2, 0.25) is 0 Å². The van der Waals surface area contributed by atoms with E-state index in [1.807, 2.05) is 0 Å². The Morgan fingerprint density at radius 3 is 3.20 bits per heavy atom. The van der Waals surface area contributed by atoms with Gasteiger partial charge >= 0.3 is 0 Å². The zero-order valence-corrected chi connectivity index (χ0v) is 5.54. The summed E-state index contributed by atoms with van der Waals surface area (Å²) in [6.45, 7) is 0.280. The van der Waals surface area contributed by atoms with E-state index in [2.05, 4.69) is 5.92 Å². The van der Waals surface area contributed by atoms with Gasteiger partial charge in [0.25, 0.3) is 0 Å². The summed E-state index contributed by atoms with van der Waals surface area (Å²) in [7, 11) is 0. The van der Waals surface area contributed by atoms with Gasteiger partial charge in [0.05, 0.1) is 6.10 Å². The van der Waals surface area contributed by atoms with Crippen molar-refractivity contribution in [1.29, 1.82) is 0 Å². The Balaban J connectivity index is 2.28. The van der Waals surface area contributed by atoms with Crippen LogP contribution in [0.3, 0.4) is 0 Å². The van der Waals surface area contributed by atoms with Crippen LogP contribution in [-0.2, 0) is 9.53 Å². The predicted molar refractivity (Wildman–Crippen MR) is 37.3 cm³/mol. The van der Waals surface area contributed by atoms with E-state index < -0.39 is 0 Å². The van der Waals surface area contributed by atoms with Crippen molar-refractivity contribution < 1.29 is 9.53 Å². The number of carbonyl (C=O) groups excluding carboxylic acids is 1. The first-order valence-electron chi connectivity index (χ1n) is 3.09. The number of hydrogen-bond acceptors (Lipinski definition) is 2. The summed E-state index contributed by atoms with van der Waals surface area (Å²) in [6, 6.07) is 0. The van der Waals surface area contributed by atoms with E-state index in [0.29, 0.717) is 6.42 Å². The molecule has 0 aromatic heterocycles. The van der Waals surface area contributed by atoms with Crippen molar-refractivity contribution in [3.05, 3.63) is 12.2 Å². The van der Waals surface area contributed by atoms with Crippen molar-refractivity contribution in [2.45, 2.75) is 12.5 Å². The minimum atomic E-state index is -0.0800. The number of ether oxygens (including phenoxy) is 1. The van der Waals surface area contributed by atoms with Crippen molar-refractivity contribution in [1.82, 2.24) is 0 Å². The highest BCUT2D eigenvalue weighted by molar-refractivity contribution is 5.92. The van der Waals surface area contributed by atoms with Gasteiger partial charge in [-0.3, -0.25) is 4.79 Å². The zero-order valence-electron chi connectivity index (χ0n) is 5.54. The lowest BCUT2D eigenvalue weighted by Crippen LogP contribution is -2.08. The van der Waals surface area contributed by atoms with E-state index in [4.69, 9.17) is 11.2 Å². The van der Waals surface area contributed by atoms with Gasteiger partial charge in [-0.2, -0.15) is 0 Å². The first-order chi connectivity index (χ1) is 4.83. The Morgan fingerprint density at radius 2 is 2.70 bits per heavy atom. The van der Waals surface area contributed by atoms with Gasteiger partial charge in [-0.15, -0.1) is 6.42 Å². The Hall–Kier alpha value is -1.07. The largest absolute Gasteiger partial charge is 0.361 e. The summed E-state index contributed by atoms with van der Waals surface area (Å²) in [6.07, 6.45) is 8.59. The molecule has 0 spiro atoms. The maximum atomic E-state index is 10.6. The highest BCUT2D eigenvalue weighted by atomic mass is 16.5. The summed E-state index contributed by atoms with van der Waals surface area (Å²) in [5.41, 5.74) is 0. The van der Waals surface area contributed by atoms with Crippen LogP contribution in [0.25, 0.3) is 0 Å². The smallest absolute Gasteiger partial charge is 0.158 e. The fourth-order valence-electron chi connectivity index (χ4n) is 0.819. The minimum absolute atomic E-state index is 0.0800. The molecule has 0 bridgehead atoms. The molecule has 0 saturated carbocycles. The van der Waals surface area contributed by atoms with Crippen molar-refractivity contribution in [3.63, 3.8) is 0 Å². The van der Waals surface area contributed by atoms with Crippen molar-refractivity contribution in [2.24, 2.45) is 0 Å². The Bertz CT molecular complexity index is 198. The molecule has 0 heterocycles. The Kier molecular flexibility index (Phi) is 2.24. The Morgan fingerprint density at radius 1 is 1.90 bits per heavy atom. The molecule has 10 heavy (non-hydrogen) atoms. The molecule has 0 radical (unpaired) electrons. The summed E-state index contributed by atoms with van der Waals surface area (Å²) in [5, 5.41) is 0. The molecule has 0 fully saturated rings. The summed E-state index contributed by atoms with van der Waals surface area (Å²) >= 11 is 0. The number of rotatable bonds is 2. The molecule has 1 aliphatic rings. The zero-order chi connectivity index (χ0) is 7.40. The lowest BCUT2D eigenvalue weighted by Gasteiger charge is -2.03. The van der Waals surface area contributed by atoms with E-state index in [1.54, 1.807) is 6.08 Å². The molecule has 1 rings (SSSR count). The number of hydrogen-bond donors (Lipinski definition) is 0. The molecule has 0 aromatic carbocycles. The summed E-state index contributed by atoms with van der Waals surface area (Å²) < 4.78 is 5.08. The average molecular weight is 136 g/mol. The fourth-order valence-corrected chi connectivity index (χ4v) is 0.819. The predicted octanol–water partition coefficient (Wildman–Crippen LogP) is 0.534. The molecule has 52 valence electrons. The van der Waals surface area contributed by atoms with Crippen molar-refractivity contribution in [2.75, 3.05) is 6.61 Å². The third kappa shape index (κ3) is 1.71. The fraction of sp³-hybridized carbons (Fsp3) is 0.375. The molecular weight excluding hydrogens is 128 g/mol. The van der Waals surface area contributed by atoms with Gasteiger partial charge in [0.2, 0.25) is 0 Å². The van der Waals surface area contributed by atoms with Gasteiger partial charge in [0.1, 0.15) is 6.61 Å². The van der Waals surface area contributed by atoms with Gasteiger partial charge < -0.3 is 4.74 Å². The first-order valence-corrected chi connectivity index (χ1v) is 3.09. The number of allylic oxidation sites excluding steroid dienone is 1. The topological polar surface area (TPSA) is 26.3 Å². The average Bonchev–Trinajstić information content (AvgIpc) is 2.31. The molecular formula is C8H8O2. The van der Waals surface area contributed by atoms with Gasteiger partial charge in [0, 0.05) is 6.42 Å². The van der Waals surface area contributed by atoms with E-state index >= 15 is 0 Å². The monoisotopic (exact) mass is 136 g/mol. The van der Waals surface area contributed by atoms with Crippen LogP contribution in [-0.4, -0.2) is 18.5 Å². The van der Waals surface area contributed by atoms with Gasteiger partial charge in [-0.05, 0) is 6.08 Å². The van der Waals surface area contributed by atoms with Crippen LogP contribution in [0, 0.1) is 12.3 Å². The van der Waals surface area contributed by atoms with Crippen molar-refractivity contribution >= 4 is 5.78 Å². The second-order valence-corrected chi connectivity index (χ2v) is 2.08. The summed E-state index contributed by atoms with van der Waals surface area (Å²) in [4.78, 5) is 10.6. The van der Waals surface area contributed by atoms with Crippen LogP contribution in [0.1, 0.15) is 6.42 Å². The maximum Gasteiger partial charge on any atom is 0.158 e. The molecule has 1 unspecified atom stereocenters. The van der Waals surface area contributed by atoms with Gasteiger partial charge in [0.15, 0.2) is 5.78 Å². The standard InChI is InChI=1S/C8H8O2/c1-2-5-10-8-4-3-7(9)6-8/h1,3-4,8H,5-6H2. The molecule has 1 atom stereocenters. The molecule has 0 aliphatic heterocycles. The quantitative estimate of drug-likeness (QED) is 0.518. The molecule has 0 aromatic rings. The van der Waals surface area contributed by atoms with E-state index in [0.717, 1.165) is 0 Å². The van der Waals surface area contributed by atoms with Crippen molar-refractivity contribution in [3.8, 4) is 12.3 Å². The molecule has 2 heteroatoms. The number of carbonyl (C=O) groups is 1. The second-order valence-electron chi connectivity index (χ2n) is 2.08. The van der Waals surface area contributed by atoms with Gasteiger partial charge in [-0.25, -0.2) is 0 Å². The van der Waals surface area contributed by atoms with E-state index in [-0.39, 0.29) is 18.5 Å². The van der Waals surface area contributed by atoms with Crippen LogP contribution < -0.4 is 0 Å². The highest BCUT2D eigenvalue weighted by Gasteiger charge is 2.14. The highest BCUT2D eigenvalue weighted by Crippen LogP contribution is 2.08. The van der Waals surface area contributed by atoms with Crippen LogP contribution >= 0.6 is 0 Å². The second kappa shape index (κ2) is 3.19. The van der Waals surface area contributed by atoms with Crippen LogP contribution in [0.5, 0.6) is 0 Å². The van der Waals surface area contributed by atoms with E-state index in [1.165, 1.54) is 6.08 Å². The van der Waals surface area contributed by atoms with Gasteiger partial charge in [-0.1, -0.05) is 12.0 Å².